The minimum atomic E-state index is -4.01. The Bertz CT molecular complexity index is 656. The van der Waals surface area contributed by atoms with Crippen molar-refractivity contribution in [3.05, 3.63) is 29.3 Å². The van der Waals surface area contributed by atoms with Crippen LogP contribution in [0.5, 0.6) is 0 Å². The van der Waals surface area contributed by atoms with Gasteiger partial charge in [-0.1, -0.05) is 6.92 Å². The van der Waals surface area contributed by atoms with Gasteiger partial charge in [-0.2, -0.15) is 0 Å². The number of sulfonamides is 1. The number of aliphatic hydroxyl groups is 1. The van der Waals surface area contributed by atoms with Gasteiger partial charge in [0.05, 0.1) is 17.1 Å². The van der Waals surface area contributed by atoms with E-state index in [1.807, 2.05) is 6.92 Å². The van der Waals surface area contributed by atoms with E-state index < -0.39 is 28.5 Å². The highest BCUT2D eigenvalue weighted by Gasteiger charge is 2.19. The summed E-state index contributed by atoms with van der Waals surface area (Å²) < 4.78 is 26.1. The summed E-state index contributed by atoms with van der Waals surface area (Å²) in [6.07, 6.45) is 0.688. The zero-order valence-electron chi connectivity index (χ0n) is 12.0. The number of aromatic carboxylic acids is 1. The van der Waals surface area contributed by atoms with Crippen LogP contribution in [0.4, 0.5) is 0 Å². The molecule has 0 fully saturated rings. The van der Waals surface area contributed by atoms with Crippen LogP contribution in [0, 0.1) is 0 Å². The van der Waals surface area contributed by atoms with Gasteiger partial charge in [-0.25, -0.2) is 17.9 Å². The lowest BCUT2D eigenvalue weighted by Gasteiger charge is -2.09. The fourth-order valence-corrected chi connectivity index (χ4v) is 2.70. The van der Waals surface area contributed by atoms with Gasteiger partial charge in [0.1, 0.15) is 0 Å². The molecular weight excluding hydrogens is 312 g/mol. The van der Waals surface area contributed by atoms with E-state index in [4.69, 9.17) is 10.2 Å². The average molecular weight is 330 g/mol. The number of benzene rings is 1. The highest BCUT2D eigenvalue weighted by Crippen LogP contribution is 2.16. The average Bonchev–Trinajstić information content (AvgIpc) is 2.50. The number of carbonyl (C=O) groups excluding carboxylic acids is 1. The summed E-state index contributed by atoms with van der Waals surface area (Å²) in [5.74, 6) is -1.90. The van der Waals surface area contributed by atoms with Gasteiger partial charge in [-0.05, 0) is 24.6 Å². The van der Waals surface area contributed by atoms with Crippen LogP contribution >= 0.6 is 0 Å². The zero-order valence-corrected chi connectivity index (χ0v) is 12.8. The molecule has 1 aromatic rings. The quantitative estimate of drug-likeness (QED) is 0.521. The highest BCUT2D eigenvalue weighted by molar-refractivity contribution is 7.89. The van der Waals surface area contributed by atoms with E-state index in [1.165, 1.54) is 0 Å². The lowest BCUT2D eigenvalue weighted by atomic mass is 10.1. The molecule has 0 saturated heterocycles. The first kappa shape index (κ1) is 18.1. The first-order valence-electron chi connectivity index (χ1n) is 6.59. The maximum absolute atomic E-state index is 12.0. The van der Waals surface area contributed by atoms with Crippen molar-refractivity contribution in [1.82, 2.24) is 10.0 Å². The van der Waals surface area contributed by atoms with E-state index in [2.05, 4.69) is 10.0 Å². The maximum Gasteiger partial charge on any atom is 0.335 e. The molecule has 0 aliphatic carbocycles. The van der Waals surface area contributed by atoms with Crippen molar-refractivity contribution in [2.45, 2.75) is 18.2 Å². The van der Waals surface area contributed by atoms with Crippen LogP contribution in [-0.2, 0) is 10.0 Å². The van der Waals surface area contributed by atoms with Crippen LogP contribution in [0.15, 0.2) is 23.1 Å². The normalized spacial score (nSPS) is 11.2. The lowest BCUT2D eigenvalue weighted by Crippen LogP contribution is -2.28. The van der Waals surface area contributed by atoms with Crippen LogP contribution in [-0.4, -0.2) is 50.2 Å². The molecule has 0 spiro atoms. The third kappa shape index (κ3) is 4.79. The van der Waals surface area contributed by atoms with Crippen molar-refractivity contribution in [2.75, 3.05) is 19.7 Å². The van der Waals surface area contributed by atoms with Gasteiger partial charge in [0, 0.05) is 18.7 Å². The molecule has 9 heteroatoms. The summed E-state index contributed by atoms with van der Waals surface area (Å²) in [5, 5.41) is 20.3. The monoisotopic (exact) mass is 330 g/mol. The molecule has 0 heterocycles. The molecule has 0 atom stereocenters. The molecule has 0 radical (unpaired) electrons. The standard InChI is InChI=1S/C13H18N2O6S/c1-2-3-14-12(17)9-6-10(13(18)19)8-11(7-9)22(20,21)15-4-5-16/h6-8,15-16H,2-5H2,1H3,(H,14,17)(H,18,19). The van der Waals surface area contributed by atoms with Gasteiger partial charge in [-0.3, -0.25) is 4.79 Å². The van der Waals surface area contributed by atoms with Gasteiger partial charge >= 0.3 is 5.97 Å². The lowest BCUT2D eigenvalue weighted by molar-refractivity contribution is 0.0696. The summed E-state index contributed by atoms with van der Waals surface area (Å²) in [5.41, 5.74) is -0.369. The molecule has 0 aliphatic heterocycles. The maximum atomic E-state index is 12.0. The number of aliphatic hydroxyl groups excluding tert-OH is 1. The second-order valence-corrected chi connectivity index (χ2v) is 6.20. The van der Waals surface area contributed by atoms with Crippen LogP contribution in [0.3, 0.4) is 0 Å². The summed E-state index contributed by atoms with van der Waals surface area (Å²) in [4.78, 5) is 22.7. The van der Waals surface area contributed by atoms with E-state index in [0.717, 1.165) is 18.2 Å². The second-order valence-electron chi connectivity index (χ2n) is 4.43. The molecule has 0 saturated carbocycles. The Morgan fingerprint density at radius 3 is 2.32 bits per heavy atom. The largest absolute Gasteiger partial charge is 0.478 e. The topological polar surface area (TPSA) is 133 Å². The SMILES string of the molecule is CCCNC(=O)c1cc(C(=O)O)cc(S(=O)(=O)NCCO)c1. The molecule has 1 amide bonds. The summed E-state index contributed by atoms with van der Waals surface area (Å²) >= 11 is 0. The number of carboxylic acids is 1. The highest BCUT2D eigenvalue weighted by atomic mass is 32.2. The number of carboxylic acid groups (broad SMARTS) is 1. The number of carbonyl (C=O) groups is 2. The van der Waals surface area contributed by atoms with Gasteiger partial charge in [-0.15, -0.1) is 0 Å². The minimum Gasteiger partial charge on any atom is -0.478 e. The van der Waals surface area contributed by atoms with Crippen molar-refractivity contribution in [3.63, 3.8) is 0 Å². The van der Waals surface area contributed by atoms with Gasteiger partial charge in [0.15, 0.2) is 0 Å². The molecule has 4 N–H and O–H groups in total. The Hall–Kier alpha value is -1.97. The Morgan fingerprint density at radius 2 is 1.77 bits per heavy atom. The predicted octanol–water partition coefficient (Wildman–Crippen LogP) is -0.205. The molecule has 0 aromatic heterocycles. The van der Waals surface area contributed by atoms with Gasteiger partial charge < -0.3 is 15.5 Å². The fraction of sp³-hybridized carbons (Fsp3) is 0.385. The molecule has 22 heavy (non-hydrogen) atoms. The Labute approximate surface area is 128 Å². The number of hydrogen-bond acceptors (Lipinski definition) is 5. The molecule has 8 nitrogen and oxygen atoms in total. The zero-order chi connectivity index (χ0) is 16.8. The van der Waals surface area contributed by atoms with Crippen LogP contribution in [0.2, 0.25) is 0 Å². The number of rotatable bonds is 8. The van der Waals surface area contributed by atoms with Crippen molar-refractivity contribution in [2.24, 2.45) is 0 Å². The van der Waals surface area contributed by atoms with Crippen molar-refractivity contribution in [1.29, 1.82) is 0 Å². The van der Waals surface area contributed by atoms with Crippen LogP contribution in [0.25, 0.3) is 0 Å². The van der Waals surface area contributed by atoms with Crippen LogP contribution < -0.4 is 10.0 Å². The smallest absolute Gasteiger partial charge is 0.335 e. The van der Waals surface area contributed by atoms with E-state index >= 15 is 0 Å². The molecule has 1 aromatic carbocycles. The molecular formula is C13H18N2O6S. The summed E-state index contributed by atoms with van der Waals surface area (Å²) in [6, 6.07) is 3.16. The molecule has 122 valence electrons. The molecule has 1 rings (SSSR count). The predicted molar refractivity (Wildman–Crippen MR) is 78.3 cm³/mol. The fourth-order valence-electron chi connectivity index (χ4n) is 1.61. The number of nitrogens with one attached hydrogen (secondary N) is 2. The van der Waals surface area contributed by atoms with E-state index in [1.54, 1.807) is 0 Å². The Balaban J connectivity index is 3.25. The molecule has 0 aliphatic rings. The third-order valence-corrected chi connectivity index (χ3v) is 4.11. The Kier molecular flexibility index (Phi) is 6.47. The van der Waals surface area contributed by atoms with Crippen molar-refractivity contribution in [3.8, 4) is 0 Å². The first-order valence-corrected chi connectivity index (χ1v) is 8.07. The first-order chi connectivity index (χ1) is 10.3. The van der Waals surface area contributed by atoms with E-state index in [9.17, 15) is 18.0 Å². The van der Waals surface area contributed by atoms with Gasteiger partial charge in [0.25, 0.3) is 5.91 Å². The van der Waals surface area contributed by atoms with Crippen LogP contribution in [0.1, 0.15) is 34.1 Å². The van der Waals surface area contributed by atoms with E-state index in [-0.39, 0.29) is 22.6 Å². The molecule has 0 bridgehead atoms. The number of hydrogen-bond donors (Lipinski definition) is 4. The Morgan fingerprint density at radius 1 is 1.14 bits per heavy atom. The number of amides is 1. The van der Waals surface area contributed by atoms with Gasteiger partial charge in [0.2, 0.25) is 10.0 Å². The third-order valence-electron chi connectivity index (χ3n) is 2.67. The van der Waals surface area contributed by atoms with Crippen molar-refractivity contribution < 1.29 is 28.2 Å². The minimum absolute atomic E-state index is 0.0577. The molecule has 0 unspecified atom stereocenters. The van der Waals surface area contributed by atoms with Crippen molar-refractivity contribution >= 4 is 21.9 Å². The van der Waals surface area contributed by atoms with E-state index in [0.29, 0.717) is 13.0 Å². The summed E-state index contributed by atoms with van der Waals surface area (Å²) in [7, 11) is -4.01. The summed E-state index contributed by atoms with van der Waals surface area (Å²) in [6.45, 7) is 1.63. The second kappa shape index (κ2) is 7.87.